The van der Waals surface area contributed by atoms with E-state index in [-0.39, 0.29) is 0 Å². The van der Waals surface area contributed by atoms with Gasteiger partial charge in [-0.3, -0.25) is 4.79 Å². The van der Waals surface area contributed by atoms with Gasteiger partial charge < -0.3 is 10.6 Å². The molecule has 82 valence electrons. The Morgan fingerprint density at radius 2 is 2.21 bits per heavy atom. The van der Waals surface area contributed by atoms with Crippen molar-refractivity contribution in [2.45, 2.75) is 51.5 Å². The highest BCUT2D eigenvalue weighted by atomic mass is 16.2. The molecule has 1 aliphatic heterocycles. The second kappa shape index (κ2) is 6.02. The summed E-state index contributed by atoms with van der Waals surface area (Å²) in [5.41, 5.74) is 5.56. The lowest BCUT2D eigenvalue weighted by atomic mass is 10.1. The molecule has 1 atom stereocenters. The predicted molar refractivity (Wildman–Crippen MR) is 57.9 cm³/mol. The molecule has 0 radical (unpaired) electrons. The van der Waals surface area contributed by atoms with Crippen LogP contribution in [0.2, 0.25) is 0 Å². The van der Waals surface area contributed by atoms with Crippen molar-refractivity contribution in [3.8, 4) is 0 Å². The van der Waals surface area contributed by atoms with E-state index in [1.807, 2.05) is 0 Å². The normalized spacial score (nSPS) is 20.7. The number of likely N-dealkylation sites (tertiary alicyclic amines) is 1. The molecule has 1 aliphatic rings. The number of hydrogen-bond donors (Lipinski definition) is 1. The molecule has 3 nitrogen and oxygen atoms in total. The Kier molecular flexibility index (Phi) is 4.94. The third-order valence-corrected chi connectivity index (χ3v) is 3.02. The van der Waals surface area contributed by atoms with E-state index in [0.717, 1.165) is 38.6 Å². The molecule has 1 unspecified atom stereocenters. The maximum Gasteiger partial charge on any atom is 0.222 e. The lowest BCUT2D eigenvalue weighted by molar-refractivity contribution is -0.133. The molecular formula is C11H22N2O. The van der Waals surface area contributed by atoms with Crippen molar-refractivity contribution in [2.75, 3.05) is 13.1 Å². The summed E-state index contributed by atoms with van der Waals surface area (Å²) in [4.78, 5) is 13.8. The minimum atomic E-state index is 0.336. The highest BCUT2D eigenvalue weighted by molar-refractivity contribution is 5.76. The molecule has 1 fully saturated rings. The van der Waals surface area contributed by atoms with Gasteiger partial charge in [-0.1, -0.05) is 13.3 Å². The van der Waals surface area contributed by atoms with Crippen LogP contribution in [0.25, 0.3) is 0 Å². The average molecular weight is 198 g/mol. The van der Waals surface area contributed by atoms with Crippen molar-refractivity contribution in [2.24, 2.45) is 5.73 Å². The van der Waals surface area contributed by atoms with Crippen molar-refractivity contribution in [1.29, 1.82) is 0 Å². The van der Waals surface area contributed by atoms with E-state index >= 15 is 0 Å². The van der Waals surface area contributed by atoms with Gasteiger partial charge in [-0.05, 0) is 32.2 Å². The Bertz CT molecular complexity index is 182. The number of carbonyl (C=O) groups is 1. The molecule has 1 heterocycles. The summed E-state index contributed by atoms with van der Waals surface area (Å²) in [6, 6.07) is 0.380. The fraction of sp³-hybridized carbons (Fsp3) is 0.909. The molecule has 0 saturated carbocycles. The molecule has 2 N–H and O–H groups in total. The Balaban J connectivity index is 2.55. The van der Waals surface area contributed by atoms with Crippen molar-refractivity contribution in [1.82, 2.24) is 4.90 Å². The minimum absolute atomic E-state index is 0.336. The number of rotatable bonds is 4. The van der Waals surface area contributed by atoms with Gasteiger partial charge in [0.1, 0.15) is 0 Å². The Morgan fingerprint density at radius 3 is 2.86 bits per heavy atom. The molecule has 1 rings (SSSR count). The summed E-state index contributed by atoms with van der Waals surface area (Å²) in [6.07, 6.45) is 6.13. The highest BCUT2D eigenvalue weighted by Crippen LogP contribution is 2.17. The Morgan fingerprint density at radius 1 is 1.43 bits per heavy atom. The van der Waals surface area contributed by atoms with E-state index < -0.39 is 0 Å². The maximum atomic E-state index is 11.8. The van der Waals surface area contributed by atoms with Gasteiger partial charge in [-0.15, -0.1) is 0 Å². The number of nitrogens with two attached hydrogens (primary N) is 1. The molecule has 0 aromatic rings. The number of nitrogens with zero attached hydrogens (tertiary/aromatic N) is 1. The van der Waals surface area contributed by atoms with Crippen LogP contribution in [0.5, 0.6) is 0 Å². The van der Waals surface area contributed by atoms with Gasteiger partial charge in [0.05, 0.1) is 0 Å². The molecule has 0 spiro atoms. The van der Waals surface area contributed by atoms with Crippen LogP contribution in [0.15, 0.2) is 0 Å². The van der Waals surface area contributed by atoms with Crippen molar-refractivity contribution >= 4 is 5.91 Å². The van der Waals surface area contributed by atoms with Gasteiger partial charge in [-0.2, -0.15) is 0 Å². The number of carbonyl (C=O) groups excluding carboxylic acids is 1. The van der Waals surface area contributed by atoms with Gasteiger partial charge in [0.15, 0.2) is 0 Å². The smallest absolute Gasteiger partial charge is 0.222 e. The molecule has 0 aromatic heterocycles. The second-order valence-electron chi connectivity index (χ2n) is 4.04. The second-order valence-corrected chi connectivity index (χ2v) is 4.04. The Hall–Kier alpha value is -0.570. The van der Waals surface area contributed by atoms with E-state index in [0.29, 0.717) is 18.5 Å². The van der Waals surface area contributed by atoms with Gasteiger partial charge in [0.2, 0.25) is 5.91 Å². The summed E-state index contributed by atoms with van der Waals surface area (Å²) in [5, 5.41) is 0. The molecule has 3 heteroatoms. The molecule has 1 amide bonds. The van der Waals surface area contributed by atoms with E-state index in [1.54, 1.807) is 0 Å². The summed E-state index contributed by atoms with van der Waals surface area (Å²) in [7, 11) is 0. The van der Waals surface area contributed by atoms with Crippen LogP contribution in [0.1, 0.15) is 45.4 Å². The van der Waals surface area contributed by atoms with Crippen LogP contribution in [0.4, 0.5) is 0 Å². The third-order valence-electron chi connectivity index (χ3n) is 3.02. The zero-order chi connectivity index (χ0) is 10.4. The van der Waals surface area contributed by atoms with Crippen LogP contribution in [-0.2, 0) is 4.79 Å². The summed E-state index contributed by atoms with van der Waals surface area (Å²) >= 11 is 0. The van der Waals surface area contributed by atoms with E-state index in [4.69, 9.17) is 5.73 Å². The molecule has 1 saturated heterocycles. The van der Waals surface area contributed by atoms with E-state index in [2.05, 4.69) is 11.8 Å². The zero-order valence-corrected chi connectivity index (χ0v) is 9.17. The van der Waals surface area contributed by atoms with Gasteiger partial charge >= 0.3 is 0 Å². The van der Waals surface area contributed by atoms with E-state index in [1.165, 1.54) is 6.42 Å². The van der Waals surface area contributed by atoms with Crippen LogP contribution >= 0.6 is 0 Å². The summed E-state index contributed by atoms with van der Waals surface area (Å²) < 4.78 is 0. The lowest BCUT2D eigenvalue weighted by Gasteiger charge is -2.29. The lowest BCUT2D eigenvalue weighted by Crippen LogP contribution is -2.40. The third kappa shape index (κ3) is 2.98. The quantitative estimate of drug-likeness (QED) is 0.744. The summed E-state index contributed by atoms with van der Waals surface area (Å²) in [5.74, 6) is 0.336. The maximum absolute atomic E-state index is 11.8. The first kappa shape index (κ1) is 11.5. The van der Waals surface area contributed by atoms with Crippen LogP contribution in [0.3, 0.4) is 0 Å². The fourth-order valence-corrected chi connectivity index (χ4v) is 2.16. The molecule has 14 heavy (non-hydrogen) atoms. The largest absolute Gasteiger partial charge is 0.340 e. The van der Waals surface area contributed by atoms with Crippen molar-refractivity contribution in [3.63, 3.8) is 0 Å². The zero-order valence-electron chi connectivity index (χ0n) is 9.17. The number of amides is 1. The van der Waals surface area contributed by atoms with Crippen LogP contribution in [0, 0.1) is 0 Å². The van der Waals surface area contributed by atoms with Crippen molar-refractivity contribution in [3.05, 3.63) is 0 Å². The highest BCUT2D eigenvalue weighted by Gasteiger charge is 2.22. The molecule has 0 aromatic carbocycles. The summed E-state index contributed by atoms with van der Waals surface area (Å²) in [6.45, 7) is 3.76. The van der Waals surface area contributed by atoms with Crippen LogP contribution < -0.4 is 5.73 Å². The first-order valence-electron chi connectivity index (χ1n) is 5.79. The SMILES string of the molecule is CCC(CCN)N1CCCCCC1=O. The average Bonchev–Trinajstić information content (AvgIpc) is 2.40. The molecule has 0 bridgehead atoms. The fourth-order valence-electron chi connectivity index (χ4n) is 2.16. The van der Waals surface area contributed by atoms with Gasteiger partial charge in [0.25, 0.3) is 0 Å². The monoisotopic (exact) mass is 198 g/mol. The van der Waals surface area contributed by atoms with Gasteiger partial charge in [0, 0.05) is 19.0 Å². The van der Waals surface area contributed by atoms with E-state index in [9.17, 15) is 4.79 Å². The molecular weight excluding hydrogens is 176 g/mol. The minimum Gasteiger partial charge on any atom is -0.340 e. The van der Waals surface area contributed by atoms with Crippen molar-refractivity contribution < 1.29 is 4.79 Å². The predicted octanol–water partition coefficient (Wildman–Crippen LogP) is 1.52. The van der Waals surface area contributed by atoms with Crippen LogP contribution in [-0.4, -0.2) is 29.9 Å². The van der Waals surface area contributed by atoms with Gasteiger partial charge in [-0.25, -0.2) is 0 Å². The number of hydrogen-bond acceptors (Lipinski definition) is 2. The topological polar surface area (TPSA) is 46.3 Å². The first-order valence-corrected chi connectivity index (χ1v) is 5.79. The first-order chi connectivity index (χ1) is 6.79. The molecule has 0 aliphatic carbocycles. The Labute approximate surface area is 86.6 Å². The standard InChI is InChI=1S/C11H22N2O/c1-2-10(7-8-12)13-9-5-3-4-6-11(13)14/h10H,2-9,12H2,1H3.